The van der Waals surface area contributed by atoms with E-state index in [2.05, 4.69) is 28.5 Å². The molecule has 1 aliphatic carbocycles. The van der Waals surface area contributed by atoms with Gasteiger partial charge in [-0.05, 0) is 55.1 Å². The van der Waals surface area contributed by atoms with Gasteiger partial charge in [-0.2, -0.15) is 11.8 Å². The number of hydrogen-bond acceptors (Lipinski definition) is 3. The summed E-state index contributed by atoms with van der Waals surface area (Å²) in [4.78, 5) is 4.34. The molecule has 1 aromatic rings. The molecule has 0 saturated carbocycles. The van der Waals surface area contributed by atoms with E-state index < -0.39 is 5.60 Å². The lowest BCUT2D eigenvalue weighted by molar-refractivity contribution is 0.0780. The van der Waals surface area contributed by atoms with Gasteiger partial charge in [-0.15, -0.1) is 24.0 Å². The normalized spacial score (nSPS) is 24.5. The van der Waals surface area contributed by atoms with Crippen LogP contribution in [0.1, 0.15) is 30.4 Å². The quantitative estimate of drug-likeness (QED) is 0.390. The van der Waals surface area contributed by atoms with Gasteiger partial charge in [-0.1, -0.05) is 12.1 Å². The molecule has 1 saturated heterocycles. The van der Waals surface area contributed by atoms with E-state index in [0.717, 1.165) is 36.5 Å². The Labute approximate surface area is 153 Å². The number of anilines is 1. The zero-order valence-corrected chi connectivity index (χ0v) is 15.8. The van der Waals surface area contributed by atoms with Gasteiger partial charge in [0.05, 0.1) is 12.1 Å². The number of benzene rings is 1. The number of guanidine groups is 1. The fourth-order valence-electron chi connectivity index (χ4n) is 3.03. The van der Waals surface area contributed by atoms with E-state index in [0.29, 0.717) is 12.5 Å². The lowest BCUT2D eigenvalue weighted by Gasteiger charge is -2.21. The molecule has 0 bridgehead atoms. The van der Waals surface area contributed by atoms with E-state index in [4.69, 9.17) is 5.73 Å². The predicted octanol–water partition coefficient (Wildman–Crippen LogP) is 2.78. The third-order valence-corrected chi connectivity index (χ3v) is 5.52. The molecule has 2 aliphatic rings. The monoisotopic (exact) mass is 433 g/mol. The summed E-state index contributed by atoms with van der Waals surface area (Å²) in [6, 6.07) is 6.33. The van der Waals surface area contributed by atoms with Crippen LogP contribution in [-0.2, 0) is 12.8 Å². The number of nitrogens with two attached hydrogens (primary N) is 1. The second-order valence-electron chi connectivity index (χ2n) is 6.00. The Kier molecular flexibility index (Phi) is 6.40. The number of hydrogen-bond donors (Lipinski definition) is 3. The molecule has 1 fully saturated rings. The average molecular weight is 433 g/mol. The van der Waals surface area contributed by atoms with Gasteiger partial charge in [0, 0.05) is 11.4 Å². The number of thioether (sulfide) groups is 1. The van der Waals surface area contributed by atoms with Crippen LogP contribution in [-0.4, -0.2) is 34.7 Å². The molecule has 0 spiro atoms. The van der Waals surface area contributed by atoms with Crippen molar-refractivity contribution in [2.75, 3.05) is 23.4 Å². The number of fused-ring (bicyclic) bond motifs is 1. The van der Waals surface area contributed by atoms with E-state index in [9.17, 15) is 5.11 Å². The first-order valence-electron chi connectivity index (χ1n) is 7.64. The maximum atomic E-state index is 10.3. The Balaban J connectivity index is 0.00000176. The maximum absolute atomic E-state index is 10.3. The van der Waals surface area contributed by atoms with Crippen molar-refractivity contribution in [1.82, 2.24) is 0 Å². The molecule has 0 radical (unpaired) electrons. The van der Waals surface area contributed by atoms with Crippen LogP contribution in [0.25, 0.3) is 0 Å². The summed E-state index contributed by atoms with van der Waals surface area (Å²) in [5, 5.41) is 13.5. The maximum Gasteiger partial charge on any atom is 0.193 e. The largest absolute Gasteiger partial charge is 0.387 e. The van der Waals surface area contributed by atoms with Crippen LogP contribution >= 0.6 is 35.7 Å². The minimum absolute atomic E-state index is 0. The van der Waals surface area contributed by atoms with E-state index in [1.807, 2.05) is 0 Å². The summed E-state index contributed by atoms with van der Waals surface area (Å²) in [5.74, 6) is 2.16. The zero-order valence-electron chi connectivity index (χ0n) is 12.7. The second kappa shape index (κ2) is 7.88. The topological polar surface area (TPSA) is 70.6 Å². The minimum atomic E-state index is -0.674. The Morgan fingerprint density at radius 1 is 1.36 bits per heavy atom. The highest BCUT2D eigenvalue weighted by molar-refractivity contribution is 14.0. The second-order valence-corrected chi connectivity index (χ2v) is 7.11. The lowest BCUT2D eigenvalue weighted by Crippen LogP contribution is -2.34. The first kappa shape index (κ1) is 17.9. The highest BCUT2D eigenvalue weighted by Crippen LogP contribution is 2.29. The van der Waals surface area contributed by atoms with Crippen LogP contribution in [0.15, 0.2) is 23.2 Å². The fraction of sp³-hybridized carbons (Fsp3) is 0.562. The summed E-state index contributed by atoms with van der Waals surface area (Å²) < 4.78 is 0. The van der Waals surface area contributed by atoms with Crippen molar-refractivity contribution in [3.05, 3.63) is 29.3 Å². The Hall–Kier alpha value is -0.470. The number of rotatable bonds is 3. The predicted molar refractivity (Wildman–Crippen MR) is 106 cm³/mol. The molecular formula is C16H24IN3OS. The smallest absolute Gasteiger partial charge is 0.193 e. The van der Waals surface area contributed by atoms with Crippen molar-refractivity contribution < 1.29 is 5.11 Å². The molecule has 1 atom stereocenters. The third kappa shape index (κ3) is 4.29. The molecule has 0 aromatic heterocycles. The number of aryl methyl sites for hydroxylation is 1. The summed E-state index contributed by atoms with van der Waals surface area (Å²) in [6.07, 6.45) is 5.56. The third-order valence-electron chi connectivity index (χ3n) is 4.28. The van der Waals surface area contributed by atoms with Crippen LogP contribution in [0.4, 0.5) is 5.69 Å². The molecule has 0 amide bonds. The molecule has 1 aliphatic heterocycles. The molecular weight excluding hydrogens is 409 g/mol. The van der Waals surface area contributed by atoms with Crippen molar-refractivity contribution in [2.24, 2.45) is 10.7 Å². The van der Waals surface area contributed by atoms with Crippen molar-refractivity contribution >= 4 is 47.4 Å². The van der Waals surface area contributed by atoms with E-state index in [1.54, 1.807) is 11.8 Å². The van der Waals surface area contributed by atoms with Gasteiger partial charge >= 0.3 is 0 Å². The fourth-order valence-corrected chi connectivity index (χ4v) is 4.31. The minimum Gasteiger partial charge on any atom is -0.387 e. The van der Waals surface area contributed by atoms with Gasteiger partial charge in [0.1, 0.15) is 0 Å². The van der Waals surface area contributed by atoms with Gasteiger partial charge in [-0.25, -0.2) is 0 Å². The van der Waals surface area contributed by atoms with E-state index in [-0.39, 0.29) is 24.0 Å². The van der Waals surface area contributed by atoms with E-state index >= 15 is 0 Å². The number of nitrogens with zero attached hydrogens (tertiary/aromatic N) is 1. The first-order chi connectivity index (χ1) is 10.2. The number of aliphatic hydroxyl groups is 1. The number of aliphatic imine (C=N–C) groups is 1. The van der Waals surface area contributed by atoms with Crippen LogP contribution < -0.4 is 11.1 Å². The Morgan fingerprint density at radius 2 is 2.18 bits per heavy atom. The van der Waals surface area contributed by atoms with Crippen molar-refractivity contribution in [2.45, 2.75) is 37.7 Å². The van der Waals surface area contributed by atoms with Gasteiger partial charge in [0.25, 0.3) is 0 Å². The molecule has 122 valence electrons. The Morgan fingerprint density at radius 3 is 2.95 bits per heavy atom. The summed E-state index contributed by atoms with van der Waals surface area (Å²) in [6.45, 7) is 0.383. The zero-order chi connectivity index (χ0) is 14.7. The highest BCUT2D eigenvalue weighted by Gasteiger charge is 2.31. The summed E-state index contributed by atoms with van der Waals surface area (Å²) >= 11 is 1.77. The molecule has 1 aromatic carbocycles. The molecule has 22 heavy (non-hydrogen) atoms. The van der Waals surface area contributed by atoms with Gasteiger partial charge < -0.3 is 16.2 Å². The van der Waals surface area contributed by atoms with Crippen LogP contribution in [0.5, 0.6) is 0 Å². The van der Waals surface area contributed by atoms with Gasteiger partial charge in [0.15, 0.2) is 5.96 Å². The molecule has 1 unspecified atom stereocenters. The Bertz CT molecular complexity index is 544. The van der Waals surface area contributed by atoms with Crippen LogP contribution in [0.3, 0.4) is 0 Å². The van der Waals surface area contributed by atoms with Crippen molar-refractivity contribution in [3.63, 3.8) is 0 Å². The average Bonchev–Trinajstić information content (AvgIpc) is 2.93. The first-order valence-corrected chi connectivity index (χ1v) is 8.80. The molecule has 3 rings (SSSR count). The number of halogens is 1. The van der Waals surface area contributed by atoms with Gasteiger partial charge in [0.2, 0.25) is 0 Å². The lowest BCUT2D eigenvalue weighted by atomic mass is 9.90. The molecule has 4 N–H and O–H groups in total. The van der Waals surface area contributed by atoms with Crippen LogP contribution in [0.2, 0.25) is 0 Å². The van der Waals surface area contributed by atoms with Crippen LogP contribution in [0, 0.1) is 0 Å². The van der Waals surface area contributed by atoms with Crippen molar-refractivity contribution in [3.8, 4) is 0 Å². The summed E-state index contributed by atoms with van der Waals surface area (Å²) in [7, 11) is 0. The highest BCUT2D eigenvalue weighted by atomic mass is 127. The SMILES string of the molecule is I.NC(=NCC1(O)CCSC1)Nc1cccc2c1CCCC2. The molecule has 4 nitrogen and oxygen atoms in total. The summed E-state index contributed by atoms with van der Waals surface area (Å²) in [5.41, 5.74) is 9.19. The van der Waals surface area contributed by atoms with Crippen molar-refractivity contribution in [1.29, 1.82) is 0 Å². The standard InChI is InChI=1S/C16H23N3OS.HI/c17-15(18-10-16(20)8-9-21-11-16)19-14-7-3-5-12-4-1-2-6-13(12)14;/h3,5,7,20H,1-2,4,6,8-11H2,(H3,17,18,19);1H. The van der Waals surface area contributed by atoms with E-state index in [1.165, 1.54) is 24.0 Å². The number of nitrogens with one attached hydrogen (secondary N) is 1. The van der Waals surface area contributed by atoms with Gasteiger partial charge in [-0.3, -0.25) is 4.99 Å². The molecule has 6 heteroatoms. The molecule has 1 heterocycles.